The van der Waals surface area contributed by atoms with E-state index in [1.54, 1.807) is 24.3 Å². The van der Waals surface area contributed by atoms with Crippen LogP contribution in [0.2, 0.25) is 0 Å². The van der Waals surface area contributed by atoms with Crippen LogP contribution in [-0.2, 0) is 9.84 Å². The molecule has 0 aromatic heterocycles. The topological polar surface area (TPSA) is 66.4 Å². The Morgan fingerprint density at radius 3 is 2.29 bits per heavy atom. The molecule has 21 heavy (non-hydrogen) atoms. The lowest BCUT2D eigenvalue weighted by molar-refractivity contribution is 0.146. The van der Waals surface area contributed by atoms with E-state index in [1.165, 1.54) is 25.5 Å². The average molecular weight is 311 g/mol. The summed E-state index contributed by atoms with van der Waals surface area (Å²) < 4.78 is 22.8. The zero-order valence-electron chi connectivity index (χ0n) is 12.8. The standard InChI is InChI=1S/C16H25NO3S/c1-16(10-4-3-5-11-16)17-12-15(18)13-6-8-14(9-7-13)21(2,19)20/h6-9,15,17-18H,3-5,10-12H2,1-2H3. The van der Waals surface area contributed by atoms with Gasteiger partial charge in [-0.2, -0.15) is 0 Å². The largest absolute Gasteiger partial charge is 0.387 e. The minimum absolute atomic E-state index is 0.117. The zero-order valence-corrected chi connectivity index (χ0v) is 13.6. The fourth-order valence-electron chi connectivity index (χ4n) is 2.91. The second kappa shape index (κ2) is 6.46. The monoisotopic (exact) mass is 311 g/mol. The average Bonchev–Trinajstić information content (AvgIpc) is 2.45. The highest BCUT2D eigenvalue weighted by Crippen LogP contribution is 2.28. The zero-order chi connectivity index (χ0) is 15.5. The van der Waals surface area contributed by atoms with E-state index in [-0.39, 0.29) is 10.4 Å². The van der Waals surface area contributed by atoms with E-state index in [0.29, 0.717) is 6.54 Å². The van der Waals surface area contributed by atoms with Crippen LogP contribution >= 0.6 is 0 Å². The van der Waals surface area contributed by atoms with Crippen LogP contribution < -0.4 is 5.32 Å². The summed E-state index contributed by atoms with van der Waals surface area (Å²) in [5.74, 6) is 0. The van der Waals surface area contributed by atoms with Gasteiger partial charge in [-0.15, -0.1) is 0 Å². The van der Waals surface area contributed by atoms with Crippen LogP contribution in [0, 0.1) is 0 Å². The number of hydrogen-bond acceptors (Lipinski definition) is 4. The molecule has 0 aliphatic heterocycles. The van der Waals surface area contributed by atoms with Gasteiger partial charge in [0.15, 0.2) is 9.84 Å². The molecule has 0 spiro atoms. The summed E-state index contributed by atoms with van der Waals surface area (Å²) in [5, 5.41) is 13.7. The summed E-state index contributed by atoms with van der Waals surface area (Å²) in [6, 6.07) is 6.48. The van der Waals surface area contributed by atoms with Crippen LogP contribution in [0.15, 0.2) is 29.2 Å². The van der Waals surface area contributed by atoms with Crippen molar-refractivity contribution in [3.8, 4) is 0 Å². The molecule has 2 rings (SSSR count). The second-order valence-corrected chi connectivity index (χ2v) is 8.37. The van der Waals surface area contributed by atoms with Crippen LogP contribution in [0.1, 0.15) is 50.7 Å². The summed E-state index contributed by atoms with van der Waals surface area (Å²) in [7, 11) is -3.18. The molecular formula is C16H25NO3S. The van der Waals surface area contributed by atoms with E-state index in [9.17, 15) is 13.5 Å². The minimum atomic E-state index is -3.18. The number of rotatable bonds is 5. The molecule has 2 N–H and O–H groups in total. The number of nitrogens with one attached hydrogen (secondary N) is 1. The van der Waals surface area contributed by atoms with Gasteiger partial charge in [0, 0.05) is 18.3 Å². The van der Waals surface area contributed by atoms with Crippen LogP contribution in [0.4, 0.5) is 0 Å². The lowest BCUT2D eigenvalue weighted by Gasteiger charge is -2.35. The number of benzene rings is 1. The van der Waals surface area contributed by atoms with Crippen molar-refractivity contribution in [2.45, 2.75) is 55.6 Å². The van der Waals surface area contributed by atoms with Crippen LogP contribution in [0.3, 0.4) is 0 Å². The highest BCUT2D eigenvalue weighted by molar-refractivity contribution is 7.90. The van der Waals surface area contributed by atoms with Gasteiger partial charge in [-0.05, 0) is 37.5 Å². The van der Waals surface area contributed by atoms with Gasteiger partial charge in [-0.1, -0.05) is 31.4 Å². The Morgan fingerprint density at radius 1 is 1.19 bits per heavy atom. The van der Waals surface area contributed by atoms with Crippen molar-refractivity contribution >= 4 is 9.84 Å². The van der Waals surface area contributed by atoms with Crippen molar-refractivity contribution in [2.75, 3.05) is 12.8 Å². The Morgan fingerprint density at radius 2 is 1.76 bits per heavy atom. The molecule has 0 heterocycles. The molecular weight excluding hydrogens is 286 g/mol. The van der Waals surface area contributed by atoms with Crippen LogP contribution in [0.25, 0.3) is 0 Å². The molecule has 0 radical (unpaired) electrons. The first-order valence-electron chi connectivity index (χ1n) is 7.53. The molecule has 1 fully saturated rings. The van der Waals surface area contributed by atoms with Gasteiger partial charge in [-0.25, -0.2) is 8.42 Å². The van der Waals surface area contributed by atoms with Gasteiger partial charge in [0.2, 0.25) is 0 Å². The van der Waals surface area contributed by atoms with Gasteiger partial charge >= 0.3 is 0 Å². The molecule has 118 valence electrons. The highest BCUT2D eigenvalue weighted by Gasteiger charge is 2.26. The van der Waals surface area contributed by atoms with E-state index in [2.05, 4.69) is 12.2 Å². The van der Waals surface area contributed by atoms with Crippen LogP contribution in [-0.4, -0.2) is 31.9 Å². The molecule has 0 bridgehead atoms. The van der Waals surface area contributed by atoms with Gasteiger partial charge in [0.1, 0.15) is 0 Å². The maximum Gasteiger partial charge on any atom is 0.175 e. The van der Waals surface area contributed by atoms with Gasteiger partial charge in [-0.3, -0.25) is 0 Å². The molecule has 1 aliphatic rings. The van der Waals surface area contributed by atoms with E-state index < -0.39 is 15.9 Å². The third kappa shape index (κ3) is 4.53. The molecule has 1 atom stereocenters. The quantitative estimate of drug-likeness (QED) is 0.876. The Bertz CT molecular complexity index is 560. The molecule has 1 unspecified atom stereocenters. The third-order valence-corrected chi connectivity index (χ3v) is 5.50. The first-order valence-corrected chi connectivity index (χ1v) is 9.42. The number of aliphatic hydroxyl groups is 1. The predicted molar refractivity (Wildman–Crippen MR) is 84.0 cm³/mol. The number of hydrogen-bond donors (Lipinski definition) is 2. The van der Waals surface area contributed by atoms with Crippen molar-refractivity contribution in [2.24, 2.45) is 0 Å². The second-order valence-electron chi connectivity index (χ2n) is 6.36. The molecule has 0 saturated heterocycles. The normalized spacial score (nSPS) is 20.1. The van der Waals surface area contributed by atoms with Crippen molar-refractivity contribution in [1.82, 2.24) is 5.32 Å². The van der Waals surface area contributed by atoms with E-state index in [1.807, 2.05) is 0 Å². The minimum Gasteiger partial charge on any atom is -0.387 e. The predicted octanol–water partition coefficient (Wildman–Crippen LogP) is 2.44. The van der Waals surface area contributed by atoms with Crippen LogP contribution in [0.5, 0.6) is 0 Å². The Balaban J connectivity index is 1.95. The first-order chi connectivity index (χ1) is 9.80. The summed E-state index contributed by atoms with van der Waals surface area (Å²) >= 11 is 0. The SMILES string of the molecule is CC1(NCC(O)c2ccc(S(C)(=O)=O)cc2)CCCCC1. The summed E-state index contributed by atoms with van der Waals surface area (Å²) in [6.45, 7) is 2.71. The number of sulfone groups is 1. The third-order valence-electron chi connectivity index (χ3n) is 4.37. The summed E-state index contributed by atoms with van der Waals surface area (Å²) in [6.07, 6.45) is 6.64. The molecule has 4 nitrogen and oxygen atoms in total. The molecule has 0 amide bonds. The number of β-amino-alcohol motifs (C(OH)–C–C–N with tert-alkyl or cyclic N) is 1. The maximum atomic E-state index is 11.4. The fraction of sp³-hybridized carbons (Fsp3) is 0.625. The van der Waals surface area contributed by atoms with Crippen molar-refractivity contribution < 1.29 is 13.5 Å². The van der Waals surface area contributed by atoms with E-state index in [4.69, 9.17) is 0 Å². The van der Waals surface area contributed by atoms with Gasteiger partial charge < -0.3 is 10.4 Å². The fourth-order valence-corrected chi connectivity index (χ4v) is 3.54. The Hall–Kier alpha value is -0.910. The lowest BCUT2D eigenvalue weighted by Crippen LogP contribution is -2.45. The van der Waals surface area contributed by atoms with Gasteiger partial charge in [0.05, 0.1) is 11.0 Å². The molecule has 1 saturated carbocycles. The number of aliphatic hydroxyl groups excluding tert-OH is 1. The van der Waals surface area contributed by atoms with Crippen molar-refractivity contribution in [3.63, 3.8) is 0 Å². The Labute approximate surface area is 127 Å². The molecule has 5 heteroatoms. The Kier molecular flexibility index (Phi) is 5.07. The highest BCUT2D eigenvalue weighted by atomic mass is 32.2. The maximum absolute atomic E-state index is 11.4. The molecule has 1 aromatic rings. The van der Waals surface area contributed by atoms with Crippen molar-refractivity contribution in [1.29, 1.82) is 0 Å². The molecule has 1 aliphatic carbocycles. The summed E-state index contributed by atoms with van der Waals surface area (Å²) in [4.78, 5) is 0.283. The molecule has 1 aromatic carbocycles. The lowest BCUT2D eigenvalue weighted by atomic mass is 9.83. The van der Waals surface area contributed by atoms with Gasteiger partial charge in [0.25, 0.3) is 0 Å². The first kappa shape index (κ1) is 16.5. The van der Waals surface area contributed by atoms with Crippen molar-refractivity contribution in [3.05, 3.63) is 29.8 Å². The van der Waals surface area contributed by atoms with E-state index >= 15 is 0 Å². The summed E-state index contributed by atoms with van der Waals surface area (Å²) in [5.41, 5.74) is 0.862. The van der Waals surface area contributed by atoms with E-state index in [0.717, 1.165) is 18.4 Å². The smallest absolute Gasteiger partial charge is 0.175 e.